The highest BCUT2D eigenvalue weighted by molar-refractivity contribution is 5.77. The molecule has 2 heterocycles. The number of anilines is 3. The van der Waals surface area contributed by atoms with E-state index < -0.39 is 0 Å². The van der Waals surface area contributed by atoms with E-state index in [1.54, 1.807) is 0 Å². The second-order valence-corrected chi connectivity index (χ2v) is 9.86. The van der Waals surface area contributed by atoms with Crippen molar-refractivity contribution in [1.82, 2.24) is 9.97 Å². The molecule has 1 aliphatic heterocycles. The fourth-order valence-corrected chi connectivity index (χ4v) is 7.10. The van der Waals surface area contributed by atoms with Crippen LogP contribution in [0, 0.1) is 27.9 Å². The van der Waals surface area contributed by atoms with Gasteiger partial charge in [-0.2, -0.15) is 0 Å². The van der Waals surface area contributed by atoms with E-state index in [2.05, 4.69) is 21.4 Å². The number of para-hydroxylation sites is 1. The summed E-state index contributed by atoms with van der Waals surface area (Å²) in [5, 5.41) is 15.9. The molecule has 0 unspecified atom stereocenters. The number of aryl methyl sites for hydroxylation is 1. The number of rotatable bonds is 4. The first-order valence-electron chi connectivity index (χ1n) is 11.2. The van der Waals surface area contributed by atoms with Gasteiger partial charge in [0.25, 0.3) is 0 Å². The van der Waals surface area contributed by atoms with Crippen molar-refractivity contribution in [3.8, 4) is 0 Å². The predicted octanol–water partition coefficient (Wildman–Crippen LogP) is 4.85. The summed E-state index contributed by atoms with van der Waals surface area (Å²) in [6.45, 7) is 0.728. The lowest BCUT2D eigenvalue weighted by atomic mass is 9.53. The van der Waals surface area contributed by atoms with Crippen LogP contribution in [-0.2, 0) is 6.42 Å². The molecule has 1 N–H and O–H groups in total. The van der Waals surface area contributed by atoms with Crippen LogP contribution in [0.25, 0.3) is 0 Å². The van der Waals surface area contributed by atoms with Crippen molar-refractivity contribution in [2.75, 3.05) is 16.8 Å². The lowest BCUT2D eigenvalue weighted by Crippen LogP contribution is -2.55. The molecule has 4 aliphatic carbocycles. The maximum atomic E-state index is 12.2. The Morgan fingerprint density at radius 3 is 2.47 bits per heavy atom. The van der Waals surface area contributed by atoms with Crippen LogP contribution >= 0.6 is 0 Å². The van der Waals surface area contributed by atoms with Crippen LogP contribution in [0.3, 0.4) is 0 Å². The smallest absolute Gasteiger partial charge is 0.353 e. The minimum Gasteiger partial charge on any atom is -0.359 e. The fraction of sp³-hybridized carbons (Fsp3) is 0.565. The summed E-state index contributed by atoms with van der Waals surface area (Å²) in [5.74, 6) is 3.10. The zero-order valence-electron chi connectivity index (χ0n) is 17.1. The van der Waals surface area contributed by atoms with Crippen molar-refractivity contribution < 1.29 is 4.92 Å². The van der Waals surface area contributed by atoms with Gasteiger partial charge in [-0.1, -0.05) is 18.2 Å². The van der Waals surface area contributed by atoms with E-state index >= 15 is 0 Å². The van der Waals surface area contributed by atoms with Gasteiger partial charge < -0.3 is 10.2 Å². The van der Waals surface area contributed by atoms with Crippen LogP contribution in [0.5, 0.6) is 0 Å². The average Bonchev–Trinajstić information content (AvgIpc) is 2.71. The molecule has 1 aromatic heterocycles. The zero-order chi connectivity index (χ0) is 20.3. The van der Waals surface area contributed by atoms with Crippen molar-refractivity contribution in [1.29, 1.82) is 0 Å². The third kappa shape index (κ3) is 2.86. The number of hydrogen-bond acceptors (Lipinski definition) is 6. The van der Waals surface area contributed by atoms with E-state index in [4.69, 9.17) is 0 Å². The predicted molar refractivity (Wildman–Crippen MR) is 115 cm³/mol. The van der Waals surface area contributed by atoms with Gasteiger partial charge in [0.15, 0.2) is 0 Å². The minimum absolute atomic E-state index is 0.0185. The number of benzene rings is 1. The van der Waals surface area contributed by atoms with Gasteiger partial charge in [-0.25, -0.2) is 9.97 Å². The van der Waals surface area contributed by atoms with Crippen LogP contribution in [-0.4, -0.2) is 27.0 Å². The topological polar surface area (TPSA) is 84.2 Å². The highest BCUT2D eigenvalue weighted by Gasteiger charge is 2.51. The summed E-state index contributed by atoms with van der Waals surface area (Å²) in [4.78, 5) is 22.8. The van der Waals surface area contributed by atoms with Crippen LogP contribution in [0.4, 0.5) is 23.0 Å². The first-order valence-corrected chi connectivity index (χ1v) is 11.2. The summed E-state index contributed by atoms with van der Waals surface area (Å²) in [6, 6.07) is 8.14. The monoisotopic (exact) mass is 405 g/mol. The molecule has 0 amide bonds. The minimum atomic E-state index is -0.296. The highest BCUT2D eigenvalue weighted by atomic mass is 16.6. The normalized spacial score (nSPS) is 31.5. The van der Waals surface area contributed by atoms with Gasteiger partial charge >= 0.3 is 5.69 Å². The van der Waals surface area contributed by atoms with Crippen LogP contribution < -0.4 is 10.2 Å². The van der Waals surface area contributed by atoms with E-state index in [0.717, 1.165) is 62.1 Å². The van der Waals surface area contributed by atoms with Gasteiger partial charge in [-0.15, -0.1) is 0 Å². The van der Waals surface area contributed by atoms with Gasteiger partial charge in [0.05, 0.1) is 4.92 Å². The third-order valence-electron chi connectivity index (χ3n) is 7.77. The molecule has 1 aromatic carbocycles. The van der Waals surface area contributed by atoms with Crippen molar-refractivity contribution >= 4 is 23.0 Å². The SMILES string of the molecule is O=[N+]([O-])c1c(NC23CC4CC(CC(C4)C2)C3)ncnc1N1CCCc2ccccc21. The molecule has 7 nitrogen and oxygen atoms in total. The molecule has 2 aromatic rings. The summed E-state index contributed by atoms with van der Waals surface area (Å²) in [7, 11) is 0. The molecule has 0 atom stereocenters. The highest BCUT2D eigenvalue weighted by Crippen LogP contribution is 2.57. The first-order chi connectivity index (χ1) is 14.6. The van der Waals surface area contributed by atoms with Gasteiger partial charge in [0, 0.05) is 17.8 Å². The Morgan fingerprint density at radius 2 is 1.77 bits per heavy atom. The maximum Gasteiger partial charge on any atom is 0.353 e. The molecular formula is C23H27N5O2. The van der Waals surface area contributed by atoms with Crippen molar-refractivity contribution in [3.05, 3.63) is 46.3 Å². The molecule has 4 fully saturated rings. The fourth-order valence-electron chi connectivity index (χ4n) is 7.10. The van der Waals surface area contributed by atoms with Crippen LogP contribution in [0.2, 0.25) is 0 Å². The Bertz CT molecular complexity index is 972. The lowest BCUT2D eigenvalue weighted by Gasteiger charge is -2.57. The number of nitrogens with one attached hydrogen (secondary N) is 1. The van der Waals surface area contributed by atoms with E-state index in [0.29, 0.717) is 11.6 Å². The number of fused-ring (bicyclic) bond motifs is 1. The van der Waals surface area contributed by atoms with E-state index in [1.807, 2.05) is 23.1 Å². The van der Waals surface area contributed by atoms with E-state index in [1.165, 1.54) is 31.2 Å². The zero-order valence-corrected chi connectivity index (χ0v) is 17.1. The largest absolute Gasteiger partial charge is 0.359 e. The third-order valence-corrected chi connectivity index (χ3v) is 7.77. The van der Waals surface area contributed by atoms with Gasteiger partial charge in [-0.3, -0.25) is 10.1 Å². The summed E-state index contributed by atoms with van der Waals surface area (Å²) >= 11 is 0. The summed E-state index contributed by atoms with van der Waals surface area (Å²) < 4.78 is 0. The number of aromatic nitrogens is 2. The first kappa shape index (κ1) is 18.1. The summed E-state index contributed by atoms with van der Waals surface area (Å²) in [5.41, 5.74) is 2.22. The molecule has 0 saturated heterocycles. The number of nitro groups is 1. The number of hydrogen-bond donors (Lipinski definition) is 1. The molecule has 4 bridgehead atoms. The Morgan fingerprint density at radius 1 is 1.07 bits per heavy atom. The second-order valence-electron chi connectivity index (χ2n) is 9.86. The van der Waals surface area contributed by atoms with Crippen LogP contribution in [0.1, 0.15) is 50.5 Å². The lowest BCUT2D eigenvalue weighted by molar-refractivity contribution is -0.383. The standard InChI is InChI=1S/C23H27N5O2/c29-28(30)20-21(26-23-11-15-8-16(12-23)10-17(9-15)13-23)24-14-25-22(20)27-7-3-5-18-4-1-2-6-19(18)27/h1-2,4,6,14-17H,3,5,7-13H2,(H,24,25,26). The van der Waals surface area contributed by atoms with Crippen molar-refractivity contribution in [3.63, 3.8) is 0 Å². The van der Waals surface area contributed by atoms with E-state index in [9.17, 15) is 10.1 Å². The molecule has 156 valence electrons. The molecule has 7 heteroatoms. The molecule has 4 saturated carbocycles. The number of nitrogens with zero attached hydrogens (tertiary/aromatic N) is 4. The molecule has 0 spiro atoms. The van der Waals surface area contributed by atoms with E-state index in [-0.39, 0.29) is 16.1 Å². The molecule has 0 radical (unpaired) electrons. The Labute approximate surface area is 176 Å². The Hall–Kier alpha value is -2.70. The average molecular weight is 406 g/mol. The van der Waals surface area contributed by atoms with Crippen molar-refractivity contribution in [2.45, 2.75) is 56.9 Å². The van der Waals surface area contributed by atoms with Gasteiger partial charge in [0.1, 0.15) is 6.33 Å². The van der Waals surface area contributed by atoms with Crippen LogP contribution in [0.15, 0.2) is 30.6 Å². The second kappa shape index (κ2) is 6.65. The Kier molecular flexibility index (Phi) is 4.01. The summed E-state index contributed by atoms with van der Waals surface area (Å²) in [6.07, 6.45) is 10.8. The quantitative estimate of drug-likeness (QED) is 0.578. The van der Waals surface area contributed by atoms with Gasteiger partial charge in [-0.05, 0) is 80.8 Å². The van der Waals surface area contributed by atoms with Gasteiger partial charge in [0.2, 0.25) is 11.6 Å². The molecule has 7 rings (SSSR count). The Balaban J connectivity index is 1.40. The maximum absolute atomic E-state index is 12.2. The molecular weight excluding hydrogens is 378 g/mol. The van der Waals surface area contributed by atoms with Crippen molar-refractivity contribution in [2.24, 2.45) is 17.8 Å². The molecule has 30 heavy (non-hydrogen) atoms. The molecule has 5 aliphatic rings.